The third-order valence-electron chi connectivity index (χ3n) is 4.97. The molecule has 0 radical (unpaired) electrons. The van der Waals surface area contributed by atoms with Crippen LogP contribution in [0.15, 0.2) is 30.3 Å². The minimum Gasteiger partial charge on any atom is -0.419 e. The Morgan fingerprint density at radius 1 is 0.944 bits per heavy atom. The Labute approximate surface area is 215 Å². The molecule has 0 spiro atoms. The lowest BCUT2D eigenvalue weighted by molar-refractivity contribution is -0.176. The van der Waals surface area contributed by atoms with Crippen LogP contribution >= 0.6 is 34.8 Å². The zero-order chi connectivity index (χ0) is 26.6. The molecule has 7 nitrogen and oxygen atoms in total. The van der Waals surface area contributed by atoms with Gasteiger partial charge in [-0.25, -0.2) is 22.8 Å². The third kappa shape index (κ3) is 6.88. The molecule has 0 saturated carbocycles. The predicted octanol–water partition coefficient (Wildman–Crippen LogP) is 5.31. The molecule has 1 fully saturated rings. The maximum atomic E-state index is 13.8. The van der Waals surface area contributed by atoms with Gasteiger partial charge in [-0.3, -0.25) is 4.84 Å². The molecule has 1 N–H and O–H groups in total. The molecule has 0 bridgehead atoms. The highest BCUT2D eigenvalue weighted by atomic mass is 35.6. The summed E-state index contributed by atoms with van der Waals surface area (Å²) >= 11 is 16.6. The number of esters is 1. The molecule has 2 aromatic carbocycles. The first-order valence-electron chi connectivity index (χ1n) is 10.1. The number of alkyl halides is 3. The Kier molecular flexibility index (Phi) is 9.23. The molecule has 15 heteroatoms. The topological polar surface area (TPSA) is 77.1 Å². The van der Waals surface area contributed by atoms with E-state index in [4.69, 9.17) is 44.4 Å². The summed E-state index contributed by atoms with van der Waals surface area (Å²) in [6.45, 7) is -0.210. The Morgan fingerprint density at radius 2 is 1.53 bits per heavy atom. The monoisotopic (exact) mass is 576 g/mol. The number of nitrogens with one attached hydrogen (secondary N) is 1. The van der Waals surface area contributed by atoms with Gasteiger partial charge in [-0.05, 0) is 53.2 Å². The molecule has 0 aliphatic carbocycles. The van der Waals surface area contributed by atoms with E-state index in [-0.39, 0.29) is 26.0 Å². The van der Waals surface area contributed by atoms with Crippen molar-refractivity contribution in [3.8, 4) is 5.75 Å². The lowest BCUT2D eigenvalue weighted by Gasteiger charge is -2.35. The summed E-state index contributed by atoms with van der Waals surface area (Å²) in [5.41, 5.74) is 0.692. The second-order valence-corrected chi connectivity index (χ2v) is 9.59. The molecule has 0 unspecified atom stereocenters. The normalized spacial score (nSPS) is 18.0. The van der Waals surface area contributed by atoms with Crippen LogP contribution in [0.2, 0.25) is 0 Å². The number of nitrogens with zero attached hydrogens (tertiary/aromatic N) is 1. The number of ether oxygens (including phenoxy) is 2. The van der Waals surface area contributed by atoms with E-state index in [0.29, 0.717) is 5.56 Å². The molecular formula is C21H16Cl3F5N2O5. The first kappa shape index (κ1) is 28.2. The zero-order valence-electron chi connectivity index (χ0n) is 17.9. The summed E-state index contributed by atoms with van der Waals surface area (Å²) in [6, 6.07) is 6.72. The van der Waals surface area contributed by atoms with Crippen LogP contribution < -0.4 is 10.1 Å². The van der Waals surface area contributed by atoms with Gasteiger partial charge in [-0.2, -0.15) is 13.8 Å². The van der Waals surface area contributed by atoms with Crippen molar-refractivity contribution in [1.82, 2.24) is 10.4 Å². The Balaban J connectivity index is 1.67. The smallest absolute Gasteiger partial charge is 0.419 e. The molecule has 1 amide bonds. The molecule has 196 valence electrons. The van der Waals surface area contributed by atoms with Crippen LogP contribution in [0.1, 0.15) is 18.4 Å². The van der Waals surface area contributed by atoms with E-state index in [9.17, 15) is 31.5 Å². The summed E-state index contributed by atoms with van der Waals surface area (Å²) in [5, 5.41) is 3.45. The number of benzene rings is 2. The average Bonchev–Trinajstić information content (AvgIpc) is 2.84. The number of piperidine rings is 1. The van der Waals surface area contributed by atoms with E-state index in [1.807, 2.05) is 0 Å². The summed E-state index contributed by atoms with van der Waals surface area (Å²) in [4.78, 5) is 30.4. The molecule has 36 heavy (non-hydrogen) atoms. The van der Waals surface area contributed by atoms with E-state index in [0.717, 1.165) is 5.06 Å². The number of hydrogen-bond acceptors (Lipinski definition) is 6. The second-order valence-electron chi connectivity index (χ2n) is 7.41. The number of amides is 1. The quantitative estimate of drug-likeness (QED) is 0.0955. The highest BCUT2D eigenvalue weighted by Crippen LogP contribution is 2.31. The van der Waals surface area contributed by atoms with Crippen LogP contribution in [0.3, 0.4) is 0 Å². The van der Waals surface area contributed by atoms with E-state index >= 15 is 0 Å². The first-order chi connectivity index (χ1) is 16.9. The predicted molar refractivity (Wildman–Crippen MR) is 117 cm³/mol. The molecule has 2 aromatic rings. The number of rotatable bonds is 6. The molecule has 3 rings (SSSR count). The van der Waals surface area contributed by atoms with Gasteiger partial charge in [-0.1, -0.05) is 30.3 Å². The molecule has 1 saturated heterocycles. The summed E-state index contributed by atoms with van der Waals surface area (Å²) in [5.74, 6) is -14.5. The fraction of sp³-hybridized carbons (Fsp3) is 0.333. The van der Waals surface area contributed by atoms with Crippen molar-refractivity contribution >= 4 is 46.9 Å². The van der Waals surface area contributed by atoms with Gasteiger partial charge in [0.05, 0.1) is 6.04 Å². The highest BCUT2D eigenvalue weighted by Gasteiger charge is 2.38. The van der Waals surface area contributed by atoms with Crippen molar-refractivity contribution < 1.29 is 45.9 Å². The van der Waals surface area contributed by atoms with Crippen molar-refractivity contribution in [3.63, 3.8) is 0 Å². The van der Waals surface area contributed by atoms with Crippen molar-refractivity contribution in [1.29, 1.82) is 0 Å². The van der Waals surface area contributed by atoms with E-state index in [1.165, 1.54) is 0 Å². The SMILES string of the molecule is O=C(Oc1c(F)c(F)c(F)c(F)c1F)[C@@H]1CC[C@@H](N(OCc2ccccc2)C(=O)OC(Cl)(Cl)Cl)CN1. The van der Waals surface area contributed by atoms with Crippen LogP contribution in [-0.4, -0.2) is 39.7 Å². The van der Waals surface area contributed by atoms with Crippen LogP contribution in [0.5, 0.6) is 5.75 Å². The van der Waals surface area contributed by atoms with Gasteiger partial charge in [0, 0.05) is 6.54 Å². The minimum absolute atomic E-state index is 0.0492. The Morgan fingerprint density at radius 3 is 2.06 bits per heavy atom. The second kappa shape index (κ2) is 11.8. The lowest BCUT2D eigenvalue weighted by atomic mass is 10.0. The largest absolute Gasteiger partial charge is 0.437 e. The van der Waals surface area contributed by atoms with Crippen LogP contribution in [-0.2, 0) is 21.0 Å². The number of halogens is 8. The van der Waals surface area contributed by atoms with Gasteiger partial charge in [0.1, 0.15) is 12.6 Å². The lowest BCUT2D eigenvalue weighted by Crippen LogP contribution is -2.54. The van der Waals surface area contributed by atoms with Crippen molar-refractivity contribution in [2.24, 2.45) is 0 Å². The van der Waals surface area contributed by atoms with Crippen LogP contribution in [0.4, 0.5) is 26.7 Å². The van der Waals surface area contributed by atoms with E-state index in [1.54, 1.807) is 30.3 Å². The van der Waals surface area contributed by atoms with Crippen LogP contribution in [0.25, 0.3) is 0 Å². The molecule has 2 atom stereocenters. The van der Waals surface area contributed by atoms with Crippen LogP contribution in [0, 0.1) is 29.1 Å². The van der Waals surface area contributed by atoms with Gasteiger partial charge >= 0.3 is 16.0 Å². The number of hydroxylamine groups is 2. The molecular weight excluding hydrogens is 562 g/mol. The van der Waals surface area contributed by atoms with Gasteiger partial charge in [0.2, 0.25) is 34.8 Å². The summed E-state index contributed by atoms with van der Waals surface area (Å²) < 4.78 is 74.3. The third-order valence-corrected chi connectivity index (χ3v) is 5.20. The summed E-state index contributed by atoms with van der Waals surface area (Å²) in [7, 11) is 0. The standard InChI is InChI=1S/C21H16Cl3F5N2O5/c22-21(23,24)36-20(33)31(34-9-10-4-2-1-3-5-10)11-6-7-12(30-8-11)19(32)35-18-16(28)14(26)13(25)15(27)17(18)29/h1-5,11-12,30H,6-9H2/t11-,12+/m1/s1. The Bertz CT molecular complexity index is 1090. The zero-order valence-corrected chi connectivity index (χ0v) is 20.1. The number of hydrogen-bond donors (Lipinski definition) is 1. The van der Waals surface area contributed by atoms with E-state index in [2.05, 4.69) is 10.1 Å². The maximum Gasteiger partial charge on any atom is 0.437 e. The number of carbonyl (C=O) groups is 2. The van der Waals surface area contributed by atoms with Gasteiger partial charge in [-0.15, -0.1) is 0 Å². The van der Waals surface area contributed by atoms with Gasteiger partial charge < -0.3 is 14.8 Å². The number of carbonyl (C=O) groups excluding carboxylic acids is 2. The van der Waals surface area contributed by atoms with E-state index < -0.39 is 63.0 Å². The Hall–Kier alpha value is -2.38. The molecule has 1 heterocycles. The van der Waals surface area contributed by atoms with Crippen molar-refractivity contribution in [2.75, 3.05) is 6.54 Å². The van der Waals surface area contributed by atoms with Gasteiger partial charge in [0.25, 0.3) is 0 Å². The maximum absolute atomic E-state index is 13.8. The minimum atomic E-state index is -2.40. The average molecular weight is 578 g/mol. The van der Waals surface area contributed by atoms with Crippen molar-refractivity contribution in [3.05, 3.63) is 65.0 Å². The highest BCUT2D eigenvalue weighted by molar-refractivity contribution is 6.66. The van der Waals surface area contributed by atoms with Gasteiger partial charge in [0.15, 0.2) is 0 Å². The molecule has 1 aliphatic rings. The molecule has 0 aromatic heterocycles. The van der Waals surface area contributed by atoms with Crippen molar-refractivity contribution in [2.45, 2.75) is 35.5 Å². The summed E-state index contributed by atoms with van der Waals surface area (Å²) in [6.07, 6.45) is -1.20. The molecule has 1 aliphatic heterocycles. The first-order valence-corrected chi connectivity index (χ1v) is 11.2. The fourth-order valence-corrected chi connectivity index (χ4v) is 3.46. The fourth-order valence-electron chi connectivity index (χ4n) is 3.26.